The van der Waals surface area contributed by atoms with Crippen LogP contribution in [-0.2, 0) is 7.05 Å². The number of aromatic carboxylic acids is 1. The van der Waals surface area contributed by atoms with E-state index in [9.17, 15) is 9.18 Å². The number of aromatic nitrogens is 4. The lowest BCUT2D eigenvalue weighted by Gasteiger charge is -1.95. The summed E-state index contributed by atoms with van der Waals surface area (Å²) in [5, 5.41) is 13.3. The van der Waals surface area contributed by atoms with Gasteiger partial charge >= 0.3 is 5.97 Å². The normalized spacial score (nSPS) is 11.2. The summed E-state index contributed by atoms with van der Waals surface area (Å²) in [5.74, 6) is -1.38. The van der Waals surface area contributed by atoms with E-state index in [0.29, 0.717) is 17.0 Å². The average molecular weight is 274 g/mol. The number of halogens is 1. The Labute approximate surface area is 112 Å². The van der Waals surface area contributed by atoms with Gasteiger partial charge in [-0.15, -0.1) is 0 Å². The molecule has 1 aromatic carbocycles. The van der Waals surface area contributed by atoms with Crippen molar-refractivity contribution in [1.29, 1.82) is 0 Å². The number of hydrogen-bond donors (Lipinski definition) is 2. The van der Waals surface area contributed by atoms with E-state index in [1.54, 1.807) is 11.7 Å². The Hall–Kier alpha value is -2.70. The fraction of sp³-hybridized carbons (Fsp3) is 0.154. The van der Waals surface area contributed by atoms with Crippen LogP contribution in [0.25, 0.3) is 22.6 Å². The summed E-state index contributed by atoms with van der Waals surface area (Å²) in [6.07, 6.45) is 0. The molecule has 0 aliphatic heterocycles. The number of imidazole rings is 1. The van der Waals surface area contributed by atoms with Gasteiger partial charge in [-0.2, -0.15) is 5.10 Å². The Bertz CT molecular complexity index is 834. The summed E-state index contributed by atoms with van der Waals surface area (Å²) in [7, 11) is 1.76. The van der Waals surface area contributed by atoms with Crippen LogP contribution in [0.3, 0.4) is 0 Å². The van der Waals surface area contributed by atoms with Gasteiger partial charge in [0.2, 0.25) is 0 Å². The fourth-order valence-electron chi connectivity index (χ4n) is 2.20. The molecule has 0 aliphatic carbocycles. The summed E-state index contributed by atoms with van der Waals surface area (Å²) >= 11 is 0. The minimum atomic E-state index is -1.21. The Balaban J connectivity index is 2.28. The predicted octanol–water partition coefficient (Wildman–Crippen LogP) is 2.11. The smallest absolute Gasteiger partial charge is 0.338 e. The van der Waals surface area contributed by atoms with Gasteiger partial charge in [0.05, 0.1) is 16.8 Å². The second-order valence-electron chi connectivity index (χ2n) is 4.53. The van der Waals surface area contributed by atoms with Gasteiger partial charge in [-0.25, -0.2) is 14.2 Å². The maximum absolute atomic E-state index is 13.4. The van der Waals surface area contributed by atoms with Crippen molar-refractivity contribution in [3.05, 3.63) is 35.3 Å². The molecule has 0 aliphatic rings. The average Bonchev–Trinajstić information content (AvgIpc) is 2.90. The monoisotopic (exact) mass is 274 g/mol. The Morgan fingerprint density at radius 1 is 1.40 bits per heavy atom. The van der Waals surface area contributed by atoms with E-state index in [4.69, 9.17) is 5.11 Å². The van der Waals surface area contributed by atoms with Crippen LogP contribution in [0.2, 0.25) is 0 Å². The molecule has 0 saturated heterocycles. The largest absolute Gasteiger partial charge is 0.478 e. The lowest BCUT2D eigenvalue weighted by atomic mass is 10.2. The molecule has 6 nitrogen and oxygen atoms in total. The summed E-state index contributed by atoms with van der Waals surface area (Å²) in [5.41, 5.74) is 1.92. The van der Waals surface area contributed by atoms with Crippen molar-refractivity contribution in [3.8, 4) is 11.5 Å². The third-order valence-electron chi connectivity index (χ3n) is 3.03. The van der Waals surface area contributed by atoms with Crippen LogP contribution in [0.1, 0.15) is 16.1 Å². The number of benzene rings is 1. The number of fused-ring (bicyclic) bond motifs is 1. The van der Waals surface area contributed by atoms with Gasteiger partial charge in [0, 0.05) is 7.05 Å². The molecular weight excluding hydrogens is 263 g/mol. The molecule has 7 heteroatoms. The lowest BCUT2D eigenvalue weighted by Crippen LogP contribution is -1.98. The van der Waals surface area contributed by atoms with E-state index < -0.39 is 11.8 Å². The number of rotatable bonds is 2. The van der Waals surface area contributed by atoms with E-state index in [0.717, 1.165) is 11.8 Å². The number of H-pyrrole nitrogens is 1. The minimum absolute atomic E-state index is 0.165. The Morgan fingerprint density at radius 3 is 2.75 bits per heavy atom. The maximum Gasteiger partial charge on any atom is 0.338 e. The van der Waals surface area contributed by atoms with Crippen molar-refractivity contribution >= 4 is 17.0 Å². The number of hydrogen-bond acceptors (Lipinski definition) is 3. The number of aryl methyl sites for hydroxylation is 2. The zero-order valence-corrected chi connectivity index (χ0v) is 10.8. The van der Waals surface area contributed by atoms with Crippen molar-refractivity contribution in [2.75, 3.05) is 0 Å². The Morgan fingerprint density at radius 2 is 2.15 bits per heavy atom. The molecule has 0 amide bonds. The highest BCUT2D eigenvalue weighted by Crippen LogP contribution is 2.24. The maximum atomic E-state index is 13.4. The molecule has 0 spiro atoms. The first-order chi connectivity index (χ1) is 9.45. The van der Waals surface area contributed by atoms with Crippen LogP contribution < -0.4 is 0 Å². The second kappa shape index (κ2) is 4.16. The standard InChI is InChI=1S/C13H11FN4O2/c1-6-3-10(18(2)17-6)12-15-9-5-7(14)4-8(13(19)20)11(9)16-12/h3-5H,1-2H3,(H,15,16)(H,19,20). The van der Waals surface area contributed by atoms with Gasteiger partial charge in [-0.3, -0.25) is 4.68 Å². The predicted molar refractivity (Wildman–Crippen MR) is 70.0 cm³/mol. The highest BCUT2D eigenvalue weighted by Gasteiger charge is 2.17. The summed E-state index contributed by atoms with van der Waals surface area (Å²) in [6.45, 7) is 1.84. The van der Waals surface area contributed by atoms with Gasteiger partial charge in [-0.1, -0.05) is 0 Å². The summed E-state index contributed by atoms with van der Waals surface area (Å²) < 4.78 is 15.1. The van der Waals surface area contributed by atoms with Crippen LogP contribution in [0.4, 0.5) is 4.39 Å². The number of nitrogens with zero attached hydrogens (tertiary/aromatic N) is 3. The van der Waals surface area contributed by atoms with Gasteiger partial charge in [-0.05, 0) is 25.1 Å². The fourth-order valence-corrected chi connectivity index (χ4v) is 2.20. The first-order valence-corrected chi connectivity index (χ1v) is 5.89. The van der Waals surface area contributed by atoms with E-state index in [2.05, 4.69) is 15.1 Å². The highest BCUT2D eigenvalue weighted by molar-refractivity contribution is 6.01. The quantitative estimate of drug-likeness (QED) is 0.749. The minimum Gasteiger partial charge on any atom is -0.478 e. The topological polar surface area (TPSA) is 83.8 Å². The third kappa shape index (κ3) is 1.83. The van der Waals surface area contributed by atoms with Gasteiger partial charge in [0.25, 0.3) is 0 Å². The molecule has 0 fully saturated rings. The van der Waals surface area contributed by atoms with E-state index >= 15 is 0 Å². The van der Waals surface area contributed by atoms with Crippen LogP contribution in [0.5, 0.6) is 0 Å². The van der Waals surface area contributed by atoms with Crippen molar-refractivity contribution in [3.63, 3.8) is 0 Å². The Kier molecular flexibility index (Phi) is 2.56. The zero-order chi connectivity index (χ0) is 14.4. The molecule has 0 bridgehead atoms. The number of carboxylic acids is 1. The molecule has 20 heavy (non-hydrogen) atoms. The summed E-state index contributed by atoms with van der Waals surface area (Å²) in [6, 6.07) is 4.00. The number of carbonyl (C=O) groups is 1. The molecule has 102 valence electrons. The van der Waals surface area contributed by atoms with Crippen molar-refractivity contribution in [1.82, 2.24) is 19.7 Å². The van der Waals surface area contributed by atoms with Crippen molar-refractivity contribution < 1.29 is 14.3 Å². The highest BCUT2D eigenvalue weighted by atomic mass is 19.1. The van der Waals surface area contributed by atoms with E-state index in [-0.39, 0.29) is 11.1 Å². The molecule has 2 aromatic heterocycles. The number of nitrogens with one attached hydrogen (secondary N) is 1. The van der Waals surface area contributed by atoms with E-state index in [1.165, 1.54) is 6.07 Å². The van der Waals surface area contributed by atoms with E-state index in [1.807, 2.05) is 13.0 Å². The first kappa shape index (κ1) is 12.3. The van der Waals surface area contributed by atoms with Crippen LogP contribution >= 0.6 is 0 Å². The molecule has 3 aromatic rings. The van der Waals surface area contributed by atoms with Gasteiger partial charge in [0.15, 0.2) is 5.82 Å². The molecule has 0 radical (unpaired) electrons. The number of carboxylic acid groups (broad SMARTS) is 1. The number of aromatic amines is 1. The third-order valence-corrected chi connectivity index (χ3v) is 3.03. The zero-order valence-electron chi connectivity index (χ0n) is 10.8. The molecule has 2 heterocycles. The van der Waals surface area contributed by atoms with Crippen LogP contribution in [0, 0.1) is 12.7 Å². The van der Waals surface area contributed by atoms with Crippen LogP contribution in [0.15, 0.2) is 18.2 Å². The lowest BCUT2D eigenvalue weighted by molar-refractivity contribution is 0.0698. The SMILES string of the molecule is Cc1cc(-c2nc3c(C(=O)O)cc(F)cc3[nH]2)n(C)n1. The van der Waals surface area contributed by atoms with Gasteiger partial charge in [0.1, 0.15) is 17.0 Å². The molecule has 3 rings (SSSR count). The first-order valence-electron chi connectivity index (χ1n) is 5.89. The molecule has 0 atom stereocenters. The van der Waals surface area contributed by atoms with Gasteiger partial charge < -0.3 is 10.1 Å². The second-order valence-corrected chi connectivity index (χ2v) is 4.53. The molecular formula is C13H11FN4O2. The summed E-state index contributed by atoms with van der Waals surface area (Å²) in [4.78, 5) is 18.3. The van der Waals surface area contributed by atoms with Crippen molar-refractivity contribution in [2.45, 2.75) is 6.92 Å². The molecule has 0 unspecified atom stereocenters. The van der Waals surface area contributed by atoms with Crippen LogP contribution in [-0.4, -0.2) is 30.8 Å². The van der Waals surface area contributed by atoms with Crippen molar-refractivity contribution in [2.24, 2.45) is 7.05 Å². The molecule has 0 saturated carbocycles. The molecule has 2 N–H and O–H groups in total.